The van der Waals surface area contributed by atoms with Crippen molar-refractivity contribution in [3.8, 4) is 0 Å². The van der Waals surface area contributed by atoms with Gasteiger partial charge in [0.25, 0.3) is 10.1 Å². The Balaban J connectivity index is 0.00000112. The Morgan fingerprint density at radius 3 is 2.40 bits per heavy atom. The van der Waals surface area contributed by atoms with Crippen molar-refractivity contribution in [2.75, 3.05) is 0 Å². The first-order valence-corrected chi connectivity index (χ1v) is 6.11. The molecule has 0 bridgehead atoms. The van der Waals surface area contributed by atoms with Crippen molar-refractivity contribution in [3.63, 3.8) is 0 Å². The molecule has 0 heterocycles. The summed E-state index contributed by atoms with van der Waals surface area (Å²) in [5.41, 5.74) is 2.24. The van der Waals surface area contributed by atoms with Crippen molar-refractivity contribution in [3.05, 3.63) is 35.4 Å². The SMILES string of the molecule is O=S(=O)(O)C1CCc2ccccc2C1.[Na]. The summed E-state index contributed by atoms with van der Waals surface area (Å²) in [6.45, 7) is 0. The second-order valence-electron chi connectivity index (χ2n) is 3.65. The molecule has 1 aromatic rings. The van der Waals surface area contributed by atoms with Gasteiger partial charge in [-0.3, -0.25) is 4.55 Å². The number of aryl methyl sites for hydroxylation is 1. The van der Waals surface area contributed by atoms with Crippen LogP contribution in [0.2, 0.25) is 0 Å². The Morgan fingerprint density at radius 2 is 1.80 bits per heavy atom. The van der Waals surface area contributed by atoms with Gasteiger partial charge >= 0.3 is 0 Å². The van der Waals surface area contributed by atoms with E-state index in [1.807, 2.05) is 24.3 Å². The van der Waals surface area contributed by atoms with Gasteiger partial charge in [0, 0.05) is 29.6 Å². The van der Waals surface area contributed by atoms with Crippen LogP contribution in [0.1, 0.15) is 17.5 Å². The zero-order valence-electron chi connectivity index (χ0n) is 8.68. The molecule has 0 saturated heterocycles. The number of hydrogen-bond donors (Lipinski definition) is 1. The molecule has 5 heteroatoms. The largest absolute Gasteiger partial charge is 0.285 e. The van der Waals surface area contributed by atoms with E-state index in [0.29, 0.717) is 12.8 Å². The zero-order valence-corrected chi connectivity index (χ0v) is 11.5. The molecule has 1 unspecified atom stereocenters. The third kappa shape index (κ3) is 3.04. The second-order valence-corrected chi connectivity index (χ2v) is 5.35. The molecule has 1 atom stereocenters. The van der Waals surface area contributed by atoms with Crippen LogP contribution in [-0.4, -0.2) is 47.8 Å². The Hall–Kier alpha value is 0.130. The standard InChI is InChI=1S/C10H12O3S.Na/c11-14(12,13)10-6-5-8-3-1-2-4-9(8)7-10;/h1-4,10H,5-7H2,(H,11,12,13);. The fraction of sp³-hybridized carbons (Fsp3) is 0.400. The molecule has 1 radical (unpaired) electrons. The summed E-state index contributed by atoms with van der Waals surface area (Å²) in [4.78, 5) is 0. The first-order valence-electron chi connectivity index (χ1n) is 4.60. The minimum atomic E-state index is -3.87. The predicted molar refractivity (Wildman–Crippen MR) is 59.6 cm³/mol. The molecule has 77 valence electrons. The number of benzene rings is 1. The number of rotatable bonds is 1. The molecule has 2 rings (SSSR count). The second kappa shape index (κ2) is 4.97. The van der Waals surface area contributed by atoms with E-state index < -0.39 is 15.4 Å². The molecule has 15 heavy (non-hydrogen) atoms. The molecular weight excluding hydrogens is 223 g/mol. The van der Waals surface area contributed by atoms with E-state index in [1.165, 1.54) is 5.56 Å². The Kier molecular flexibility index (Phi) is 4.38. The summed E-state index contributed by atoms with van der Waals surface area (Å²) in [5, 5.41) is -0.614. The Morgan fingerprint density at radius 1 is 1.20 bits per heavy atom. The fourth-order valence-corrected chi connectivity index (χ4v) is 2.72. The molecule has 1 aromatic carbocycles. The third-order valence-electron chi connectivity index (χ3n) is 2.72. The smallest absolute Gasteiger partial charge is 0.268 e. The third-order valence-corrected chi connectivity index (χ3v) is 3.97. The topological polar surface area (TPSA) is 54.4 Å². The summed E-state index contributed by atoms with van der Waals surface area (Å²) in [6, 6.07) is 7.78. The van der Waals surface area contributed by atoms with Gasteiger partial charge in [0.1, 0.15) is 0 Å². The van der Waals surface area contributed by atoms with Crippen LogP contribution in [-0.2, 0) is 23.0 Å². The van der Waals surface area contributed by atoms with Crippen LogP contribution in [0.15, 0.2) is 24.3 Å². The average Bonchev–Trinajstić information content (AvgIpc) is 2.16. The zero-order chi connectivity index (χ0) is 10.2. The van der Waals surface area contributed by atoms with E-state index in [2.05, 4.69) is 0 Å². The van der Waals surface area contributed by atoms with Gasteiger partial charge < -0.3 is 0 Å². The van der Waals surface area contributed by atoms with Crippen LogP contribution in [0.3, 0.4) is 0 Å². The first kappa shape index (κ1) is 13.2. The number of hydrogen-bond acceptors (Lipinski definition) is 2. The van der Waals surface area contributed by atoms with E-state index in [1.54, 1.807) is 0 Å². The summed E-state index contributed by atoms with van der Waals surface area (Å²) in [7, 11) is -3.87. The maximum Gasteiger partial charge on any atom is 0.268 e. The van der Waals surface area contributed by atoms with Gasteiger partial charge in [-0.2, -0.15) is 8.42 Å². The summed E-state index contributed by atoms with van der Waals surface area (Å²) in [5.74, 6) is 0. The van der Waals surface area contributed by atoms with Crippen LogP contribution in [0.5, 0.6) is 0 Å². The molecule has 1 N–H and O–H groups in total. The summed E-state index contributed by atoms with van der Waals surface area (Å²) in [6.07, 6.45) is 1.70. The van der Waals surface area contributed by atoms with Gasteiger partial charge in [-0.15, -0.1) is 0 Å². The monoisotopic (exact) mass is 235 g/mol. The quantitative estimate of drug-likeness (QED) is 0.584. The fourth-order valence-electron chi connectivity index (χ4n) is 1.92. The maximum absolute atomic E-state index is 11.0. The van der Waals surface area contributed by atoms with Crippen LogP contribution in [0, 0.1) is 0 Å². The Labute approximate surface area is 112 Å². The minimum absolute atomic E-state index is 0. The van der Waals surface area contributed by atoms with E-state index in [4.69, 9.17) is 4.55 Å². The van der Waals surface area contributed by atoms with Crippen molar-refractivity contribution >= 4 is 39.7 Å². The maximum atomic E-state index is 11.0. The van der Waals surface area contributed by atoms with E-state index in [-0.39, 0.29) is 29.6 Å². The van der Waals surface area contributed by atoms with Gasteiger partial charge in [0.2, 0.25) is 0 Å². The van der Waals surface area contributed by atoms with E-state index in [9.17, 15) is 8.42 Å². The van der Waals surface area contributed by atoms with Crippen molar-refractivity contribution < 1.29 is 13.0 Å². The van der Waals surface area contributed by atoms with Crippen LogP contribution < -0.4 is 0 Å². The van der Waals surface area contributed by atoms with Gasteiger partial charge in [-0.1, -0.05) is 24.3 Å². The van der Waals surface area contributed by atoms with Crippen LogP contribution in [0.25, 0.3) is 0 Å². The molecule has 1 aliphatic carbocycles. The van der Waals surface area contributed by atoms with Crippen LogP contribution in [0.4, 0.5) is 0 Å². The first-order chi connectivity index (χ1) is 6.57. The van der Waals surface area contributed by atoms with Crippen LogP contribution >= 0.6 is 0 Å². The molecule has 0 spiro atoms. The molecule has 0 aliphatic heterocycles. The molecule has 0 aromatic heterocycles. The van der Waals surface area contributed by atoms with Gasteiger partial charge in [-0.25, -0.2) is 0 Å². The average molecular weight is 235 g/mol. The van der Waals surface area contributed by atoms with Crippen molar-refractivity contribution in [2.45, 2.75) is 24.5 Å². The number of fused-ring (bicyclic) bond motifs is 1. The van der Waals surface area contributed by atoms with Gasteiger partial charge in [0.15, 0.2) is 0 Å². The molecule has 3 nitrogen and oxygen atoms in total. The summed E-state index contributed by atoms with van der Waals surface area (Å²) >= 11 is 0. The molecular formula is C10H12NaO3S. The molecule has 1 aliphatic rings. The van der Waals surface area contributed by atoms with Gasteiger partial charge in [0.05, 0.1) is 5.25 Å². The van der Waals surface area contributed by atoms with E-state index in [0.717, 1.165) is 12.0 Å². The van der Waals surface area contributed by atoms with E-state index >= 15 is 0 Å². The summed E-state index contributed by atoms with van der Waals surface area (Å²) < 4.78 is 30.8. The normalized spacial score (nSPS) is 20.2. The van der Waals surface area contributed by atoms with Crippen molar-refractivity contribution in [1.29, 1.82) is 0 Å². The Bertz CT molecular complexity index is 442. The van der Waals surface area contributed by atoms with Crippen molar-refractivity contribution in [2.24, 2.45) is 0 Å². The molecule has 0 amide bonds. The van der Waals surface area contributed by atoms with Crippen molar-refractivity contribution in [1.82, 2.24) is 0 Å². The molecule has 0 fully saturated rings. The predicted octanol–water partition coefficient (Wildman–Crippen LogP) is 1.05. The molecule has 0 saturated carbocycles. The minimum Gasteiger partial charge on any atom is -0.285 e. The van der Waals surface area contributed by atoms with Gasteiger partial charge in [-0.05, 0) is 30.4 Å².